The van der Waals surface area contributed by atoms with Crippen LogP contribution in [0.25, 0.3) is 0 Å². The van der Waals surface area contributed by atoms with Crippen LogP contribution >= 0.6 is 23.4 Å². The summed E-state index contributed by atoms with van der Waals surface area (Å²) in [5.41, 5.74) is 6.24. The van der Waals surface area contributed by atoms with Gasteiger partial charge in [-0.25, -0.2) is 0 Å². The molecule has 0 fully saturated rings. The number of nitrogens with one attached hydrogen (secondary N) is 1. The van der Waals surface area contributed by atoms with Gasteiger partial charge in [0, 0.05) is 11.4 Å². The fourth-order valence-electron chi connectivity index (χ4n) is 1.43. The second-order valence-corrected chi connectivity index (χ2v) is 5.97. The third kappa shape index (κ3) is 5.76. The van der Waals surface area contributed by atoms with Gasteiger partial charge < -0.3 is 11.1 Å². The Morgan fingerprint density at radius 1 is 1.50 bits per heavy atom. The Bertz CT molecular complexity index is 410. The topological polar surface area (TPSA) is 55.1 Å². The summed E-state index contributed by atoms with van der Waals surface area (Å²) in [6.45, 7) is 6.13. The van der Waals surface area contributed by atoms with Crippen LogP contribution in [-0.4, -0.2) is 18.2 Å². The van der Waals surface area contributed by atoms with Crippen molar-refractivity contribution in [2.75, 3.05) is 12.3 Å². The van der Waals surface area contributed by atoms with E-state index in [1.54, 1.807) is 0 Å². The van der Waals surface area contributed by atoms with Crippen molar-refractivity contribution in [1.29, 1.82) is 0 Å². The highest BCUT2D eigenvalue weighted by atomic mass is 35.5. The fourth-order valence-corrected chi connectivity index (χ4v) is 2.45. The summed E-state index contributed by atoms with van der Waals surface area (Å²) in [6, 6.07) is 5.88. The summed E-state index contributed by atoms with van der Waals surface area (Å²) < 4.78 is 0. The smallest absolute Gasteiger partial charge is 0.227 e. The zero-order valence-corrected chi connectivity index (χ0v) is 12.3. The normalized spacial score (nSPS) is 10.9. The lowest BCUT2D eigenvalue weighted by molar-refractivity contribution is -0.115. The van der Waals surface area contributed by atoms with Gasteiger partial charge in [0.2, 0.25) is 5.91 Å². The van der Waals surface area contributed by atoms with Crippen molar-refractivity contribution >= 4 is 29.3 Å². The van der Waals surface area contributed by atoms with Crippen molar-refractivity contribution < 1.29 is 4.79 Å². The number of carbonyl (C=O) groups excluding carboxylic acids is 1. The lowest BCUT2D eigenvalue weighted by Crippen LogP contribution is -2.18. The largest absolute Gasteiger partial charge is 0.369 e. The van der Waals surface area contributed by atoms with Gasteiger partial charge in [-0.3, -0.25) is 4.79 Å². The number of rotatable bonds is 7. The minimum Gasteiger partial charge on any atom is -0.369 e. The van der Waals surface area contributed by atoms with Crippen LogP contribution in [0.5, 0.6) is 0 Å². The maximum absolute atomic E-state index is 10.7. The maximum atomic E-state index is 10.7. The average Bonchev–Trinajstić information content (AvgIpc) is 2.27. The number of hydrogen-bond acceptors (Lipinski definition) is 3. The first-order chi connectivity index (χ1) is 8.49. The van der Waals surface area contributed by atoms with Crippen molar-refractivity contribution in [2.45, 2.75) is 25.3 Å². The third-order valence-electron chi connectivity index (χ3n) is 2.25. The van der Waals surface area contributed by atoms with Crippen molar-refractivity contribution in [3.05, 3.63) is 28.8 Å². The van der Waals surface area contributed by atoms with Gasteiger partial charge in [-0.1, -0.05) is 31.5 Å². The van der Waals surface area contributed by atoms with E-state index in [4.69, 9.17) is 17.3 Å². The molecule has 0 aromatic heterocycles. The zero-order valence-electron chi connectivity index (χ0n) is 10.7. The van der Waals surface area contributed by atoms with Crippen LogP contribution in [0.15, 0.2) is 23.1 Å². The highest BCUT2D eigenvalue weighted by molar-refractivity contribution is 8.00. The quantitative estimate of drug-likeness (QED) is 0.758. The van der Waals surface area contributed by atoms with Crippen molar-refractivity contribution in [1.82, 2.24) is 5.32 Å². The van der Waals surface area contributed by atoms with E-state index in [2.05, 4.69) is 19.2 Å². The van der Waals surface area contributed by atoms with Gasteiger partial charge in [0.05, 0.1) is 10.8 Å². The molecule has 3 N–H and O–H groups in total. The second-order valence-electron chi connectivity index (χ2n) is 4.54. The van der Waals surface area contributed by atoms with Crippen LogP contribution in [0.1, 0.15) is 19.4 Å². The van der Waals surface area contributed by atoms with E-state index in [0.717, 1.165) is 23.5 Å². The van der Waals surface area contributed by atoms with Crippen molar-refractivity contribution in [2.24, 2.45) is 11.7 Å². The molecule has 1 rings (SSSR count). The minimum atomic E-state index is -0.334. The number of benzene rings is 1. The molecular formula is C13H19ClN2OS. The van der Waals surface area contributed by atoms with E-state index in [1.807, 2.05) is 18.2 Å². The van der Waals surface area contributed by atoms with Gasteiger partial charge in [-0.2, -0.15) is 0 Å². The molecule has 1 aromatic rings. The Balaban J connectivity index is 2.53. The molecule has 0 aliphatic heterocycles. The summed E-state index contributed by atoms with van der Waals surface area (Å²) in [4.78, 5) is 11.6. The molecule has 0 aliphatic carbocycles. The van der Waals surface area contributed by atoms with Crippen LogP contribution in [0.2, 0.25) is 5.02 Å². The van der Waals surface area contributed by atoms with E-state index < -0.39 is 0 Å². The molecule has 100 valence electrons. The summed E-state index contributed by atoms with van der Waals surface area (Å²) in [5, 5.41) is 4.03. The van der Waals surface area contributed by atoms with Crippen LogP contribution in [0.3, 0.4) is 0 Å². The predicted molar refractivity (Wildman–Crippen MR) is 77.9 cm³/mol. The summed E-state index contributed by atoms with van der Waals surface area (Å²) in [6.07, 6.45) is 0. The molecule has 0 saturated carbocycles. The van der Waals surface area contributed by atoms with E-state index in [-0.39, 0.29) is 11.7 Å². The van der Waals surface area contributed by atoms with Gasteiger partial charge in [0.1, 0.15) is 0 Å². The fraction of sp³-hybridized carbons (Fsp3) is 0.462. The second kappa shape index (κ2) is 7.67. The van der Waals surface area contributed by atoms with E-state index in [9.17, 15) is 4.79 Å². The van der Waals surface area contributed by atoms with Crippen LogP contribution < -0.4 is 11.1 Å². The number of amides is 1. The Morgan fingerprint density at radius 2 is 2.22 bits per heavy atom. The Hall–Kier alpha value is -0.710. The minimum absolute atomic E-state index is 0.255. The van der Waals surface area contributed by atoms with Gasteiger partial charge in [0.25, 0.3) is 0 Å². The molecule has 1 aromatic carbocycles. The van der Waals surface area contributed by atoms with Gasteiger partial charge >= 0.3 is 0 Å². The van der Waals surface area contributed by atoms with Gasteiger partial charge in [0.15, 0.2) is 0 Å². The molecule has 0 atom stereocenters. The Kier molecular flexibility index (Phi) is 6.54. The molecule has 18 heavy (non-hydrogen) atoms. The van der Waals surface area contributed by atoms with Crippen LogP contribution in [0.4, 0.5) is 0 Å². The molecule has 3 nitrogen and oxygen atoms in total. The highest BCUT2D eigenvalue weighted by Gasteiger charge is 2.04. The summed E-state index contributed by atoms with van der Waals surface area (Å²) in [7, 11) is 0. The molecule has 0 saturated heterocycles. The highest BCUT2D eigenvalue weighted by Crippen LogP contribution is 2.27. The van der Waals surface area contributed by atoms with Gasteiger partial charge in [-0.15, -0.1) is 11.8 Å². The van der Waals surface area contributed by atoms with Gasteiger partial charge in [-0.05, 0) is 30.2 Å². The molecular weight excluding hydrogens is 268 g/mol. The van der Waals surface area contributed by atoms with E-state index in [0.29, 0.717) is 10.9 Å². The van der Waals surface area contributed by atoms with E-state index >= 15 is 0 Å². The molecule has 0 heterocycles. The molecule has 1 amide bonds. The van der Waals surface area contributed by atoms with E-state index in [1.165, 1.54) is 11.8 Å². The van der Waals surface area contributed by atoms with Crippen LogP contribution in [-0.2, 0) is 11.3 Å². The zero-order chi connectivity index (χ0) is 13.5. The molecule has 0 spiro atoms. The maximum Gasteiger partial charge on any atom is 0.227 e. The molecule has 0 unspecified atom stereocenters. The summed E-state index contributed by atoms with van der Waals surface area (Å²) in [5.74, 6) is 0.551. The number of primary amides is 1. The number of hydrogen-bond donors (Lipinski definition) is 2. The molecule has 5 heteroatoms. The van der Waals surface area contributed by atoms with Crippen molar-refractivity contribution in [3.8, 4) is 0 Å². The number of thioether (sulfide) groups is 1. The molecule has 0 aliphatic rings. The Labute approximate surface area is 117 Å². The van der Waals surface area contributed by atoms with Crippen molar-refractivity contribution in [3.63, 3.8) is 0 Å². The lowest BCUT2D eigenvalue weighted by Gasteiger charge is -2.09. The predicted octanol–water partition coefficient (Wildman–Crippen LogP) is 2.66. The Morgan fingerprint density at radius 3 is 2.78 bits per heavy atom. The number of halogens is 1. The molecule has 0 bridgehead atoms. The SMILES string of the molecule is CC(C)CNCc1ccc(SCC(N)=O)c(Cl)c1. The first-order valence-electron chi connectivity index (χ1n) is 5.89. The first-order valence-corrected chi connectivity index (χ1v) is 7.25. The standard InChI is InChI=1S/C13H19ClN2OS/c1-9(2)6-16-7-10-3-4-12(11(14)5-10)18-8-13(15)17/h3-5,9,16H,6-8H2,1-2H3,(H2,15,17). The molecule has 0 radical (unpaired) electrons. The monoisotopic (exact) mass is 286 g/mol. The summed E-state index contributed by atoms with van der Waals surface area (Å²) >= 11 is 7.52. The average molecular weight is 287 g/mol. The first kappa shape index (κ1) is 15.3. The number of carbonyl (C=O) groups is 1. The van der Waals surface area contributed by atoms with Crippen LogP contribution in [0, 0.1) is 5.92 Å². The lowest BCUT2D eigenvalue weighted by atomic mass is 10.2. The number of nitrogens with two attached hydrogens (primary N) is 1. The third-order valence-corrected chi connectivity index (χ3v) is 3.77.